The maximum atomic E-state index is 13.6. The molecule has 22 heavy (non-hydrogen) atoms. The van der Waals surface area contributed by atoms with E-state index in [1.807, 2.05) is 6.20 Å². The summed E-state index contributed by atoms with van der Waals surface area (Å²) in [6, 6.07) is 7.06. The highest BCUT2D eigenvalue weighted by atomic mass is 19.1. The molecule has 1 nitrogen and oxygen atoms in total. The quantitative estimate of drug-likeness (QED) is 0.666. The molecule has 0 aliphatic heterocycles. The van der Waals surface area contributed by atoms with Crippen molar-refractivity contribution in [2.75, 3.05) is 0 Å². The van der Waals surface area contributed by atoms with E-state index in [1.165, 1.54) is 50.2 Å². The van der Waals surface area contributed by atoms with Crippen molar-refractivity contribution in [3.05, 3.63) is 41.8 Å². The molecule has 1 aromatic heterocycles. The molecule has 1 saturated carbocycles. The van der Waals surface area contributed by atoms with E-state index >= 15 is 0 Å². The van der Waals surface area contributed by atoms with Gasteiger partial charge in [0.15, 0.2) is 0 Å². The van der Waals surface area contributed by atoms with Crippen LogP contribution in [0.1, 0.15) is 63.9 Å². The Bertz CT molecular complexity index is 625. The Labute approximate surface area is 133 Å². The Morgan fingerprint density at radius 1 is 1.09 bits per heavy atom. The summed E-state index contributed by atoms with van der Waals surface area (Å²) in [4.78, 5) is 4.38. The SMILES string of the molecule is CCC(CC)C1CCC(c2ccnc3ccc(F)cc23)CC1. The van der Waals surface area contributed by atoms with Crippen molar-refractivity contribution in [1.29, 1.82) is 0 Å². The van der Waals surface area contributed by atoms with Crippen LogP contribution in [0, 0.1) is 17.7 Å². The second-order valence-electron chi connectivity index (χ2n) is 6.75. The molecule has 3 rings (SSSR count). The third-order valence-electron chi connectivity index (χ3n) is 5.66. The van der Waals surface area contributed by atoms with Crippen LogP contribution in [0.3, 0.4) is 0 Å². The van der Waals surface area contributed by atoms with Gasteiger partial charge in [-0.3, -0.25) is 4.98 Å². The molecule has 0 spiro atoms. The van der Waals surface area contributed by atoms with Gasteiger partial charge in [0.05, 0.1) is 5.52 Å². The van der Waals surface area contributed by atoms with Crippen LogP contribution in [0.25, 0.3) is 10.9 Å². The minimum Gasteiger partial charge on any atom is -0.256 e. The molecule has 2 heteroatoms. The molecule has 1 aliphatic rings. The summed E-state index contributed by atoms with van der Waals surface area (Å²) >= 11 is 0. The molecular formula is C20H26FN. The largest absolute Gasteiger partial charge is 0.256 e. The van der Waals surface area contributed by atoms with E-state index in [0.717, 1.165) is 22.7 Å². The average molecular weight is 299 g/mol. The van der Waals surface area contributed by atoms with Crippen LogP contribution < -0.4 is 0 Å². The van der Waals surface area contributed by atoms with Crippen molar-refractivity contribution in [3.63, 3.8) is 0 Å². The molecular weight excluding hydrogens is 273 g/mol. The molecule has 1 fully saturated rings. The van der Waals surface area contributed by atoms with E-state index in [9.17, 15) is 4.39 Å². The first-order chi connectivity index (χ1) is 10.7. The van der Waals surface area contributed by atoms with Crippen LogP contribution in [-0.2, 0) is 0 Å². The van der Waals surface area contributed by atoms with E-state index in [4.69, 9.17) is 0 Å². The number of halogens is 1. The summed E-state index contributed by atoms with van der Waals surface area (Å²) in [6.07, 6.45) is 9.58. The van der Waals surface area contributed by atoms with Crippen LogP contribution in [0.4, 0.5) is 4.39 Å². The first-order valence-electron chi connectivity index (χ1n) is 8.77. The van der Waals surface area contributed by atoms with Gasteiger partial charge in [-0.15, -0.1) is 0 Å². The Morgan fingerprint density at radius 3 is 2.50 bits per heavy atom. The van der Waals surface area contributed by atoms with Gasteiger partial charge in [0.25, 0.3) is 0 Å². The number of benzene rings is 1. The summed E-state index contributed by atoms with van der Waals surface area (Å²) in [5, 5.41) is 1.01. The predicted molar refractivity (Wildman–Crippen MR) is 90.5 cm³/mol. The smallest absolute Gasteiger partial charge is 0.123 e. The molecule has 0 unspecified atom stereocenters. The molecule has 1 heterocycles. The predicted octanol–water partition coefficient (Wildman–Crippen LogP) is 6.08. The third-order valence-corrected chi connectivity index (χ3v) is 5.66. The maximum absolute atomic E-state index is 13.6. The van der Waals surface area contributed by atoms with E-state index in [1.54, 1.807) is 12.1 Å². The van der Waals surface area contributed by atoms with Crippen molar-refractivity contribution in [2.45, 2.75) is 58.3 Å². The van der Waals surface area contributed by atoms with Gasteiger partial charge in [-0.2, -0.15) is 0 Å². The maximum Gasteiger partial charge on any atom is 0.123 e. The lowest BCUT2D eigenvalue weighted by molar-refractivity contribution is 0.221. The lowest BCUT2D eigenvalue weighted by Crippen LogP contribution is -2.20. The molecule has 0 atom stereocenters. The van der Waals surface area contributed by atoms with Gasteiger partial charge in [-0.05, 0) is 73.3 Å². The van der Waals surface area contributed by atoms with Crippen molar-refractivity contribution < 1.29 is 4.39 Å². The Kier molecular flexibility index (Phi) is 4.75. The highest BCUT2D eigenvalue weighted by Gasteiger charge is 2.27. The zero-order chi connectivity index (χ0) is 15.5. The monoisotopic (exact) mass is 299 g/mol. The fourth-order valence-corrected chi connectivity index (χ4v) is 4.35. The summed E-state index contributed by atoms with van der Waals surface area (Å²) in [5.41, 5.74) is 2.22. The molecule has 2 aromatic rings. The molecule has 0 radical (unpaired) electrons. The van der Waals surface area contributed by atoms with Crippen molar-refractivity contribution in [2.24, 2.45) is 11.8 Å². The highest BCUT2D eigenvalue weighted by molar-refractivity contribution is 5.82. The number of fused-ring (bicyclic) bond motifs is 1. The number of rotatable bonds is 4. The highest BCUT2D eigenvalue weighted by Crippen LogP contribution is 2.42. The zero-order valence-electron chi connectivity index (χ0n) is 13.7. The minimum atomic E-state index is -0.160. The lowest BCUT2D eigenvalue weighted by atomic mass is 9.72. The van der Waals surface area contributed by atoms with Crippen molar-refractivity contribution >= 4 is 10.9 Å². The summed E-state index contributed by atoms with van der Waals surface area (Å²) < 4.78 is 13.6. The van der Waals surface area contributed by atoms with Crippen molar-refractivity contribution in [1.82, 2.24) is 4.98 Å². The van der Waals surface area contributed by atoms with E-state index in [0.29, 0.717) is 5.92 Å². The van der Waals surface area contributed by atoms with Crippen molar-refractivity contribution in [3.8, 4) is 0 Å². The standard InChI is InChI=1S/C20H26FN/c1-3-14(4-2)15-5-7-16(8-6-15)18-11-12-22-20-10-9-17(21)13-19(18)20/h9-16H,3-8H2,1-2H3. The average Bonchev–Trinajstić information content (AvgIpc) is 2.56. The van der Waals surface area contributed by atoms with Gasteiger partial charge in [0.2, 0.25) is 0 Å². The number of aromatic nitrogens is 1. The topological polar surface area (TPSA) is 12.9 Å². The normalized spacial score (nSPS) is 22.4. The fraction of sp³-hybridized carbons (Fsp3) is 0.550. The van der Waals surface area contributed by atoms with Crippen LogP contribution in [-0.4, -0.2) is 4.98 Å². The molecule has 0 N–H and O–H groups in total. The van der Waals surface area contributed by atoms with Gasteiger partial charge < -0.3 is 0 Å². The number of nitrogens with zero attached hydrogens (tertiary/aromatic N) is 1. The van der Waals surface area contributed by atoms with Gasteiger partial charge in [-0.25, -0.2) is 4.39 Å². The first kappa shape index (κ1) is 15.5. The third kappa shape index (κ3) is 3.02. The first-order valence-corrected chi connectivity index (χ1v) is 8.77. The second kappa shape index (κ2) is 6.76. The van der Waals surface area contributed by atoms with E-state index in [2.05, 4.69) is 24.9 Å². The van der Waals surface area contributed by atoms with Gasteiger partial charge in [0, 0.05) is 11.6 Å². The van der Waals surface area contributed by atoms with Gasteiger partial charge >= 0.3 is 0 Å². The van der Waals surface area contributed by atoms with Gasteiger partial charge in [-0.1, -0.05) is 26.7 Å². The van der Waals surface area contributed by atoms with Crippen LogP contribution in [0.2, 0.25) is 0 Å². The number of hydrogen-bond acceptors (Lipinski definition) is 1. The molecule has 0 saturated heterocycles. The van der Waals surface area contributed by atoms with E-state index in [-0.39, 0.29) is 5.82 Å². The number of hydrogen-bond donors (Lipinski definition) is 0. The fourth-order valence-electron chi connectivity index (χ4n) is 4.35. The van der Waals surface area contributed by atoms with E-state index < -0.39 is 0 Å². The molecule has 118 valence electrons. The van der Waals surface area contributed by atoms with Crippen LogP contribution >= 0.6 is 0 Å². The zero-order valence-corrected chi connectivity index (χ0v) is 13.7. The molecule has 0 bridgehead atoms. The molecule has 0 amide bonds. The minimum absolute atomic E-state index is 0.160. The molecule has 1 aliphatic carbocycles. The van der Waals surface area contributed by atoms with Crippen LogP contribution in [0.5, 0.6) is 0 Å². The molecule has 1 aromatic carbocycles. The van der Waals surface area contributed by atoms with Crippen LogP contribution in [0.15, 0.2) is 30.5 Å². The summed E-state index contributed by atoms with van der Waals surface area (Å²) in [7, 11) is 0. The lowest BCUT2D eigenvalue weighted by Gasteiger charge is -2.33. The summed E-state index contributed by atoms with van der Waals surface area (Å²) in [6.45, 7) is 4.64. The Hall–Kier alpha value is -1.44. The summed E-state index contributed by atoms with van der Waals surface area (Å²) in [5.74, 6) is 2.18. The Balaban J connectivity index is 1.80. The van der Waals surface area contributed by atoms with Gasteiger partial charge in [0.1, 0.15) is 5.82 Å². The second-order valence-corrected chi connectivity index (χ2v) is 6.75. The number of pyridine rings is 1. The Morgan fingerprint density at radius 2 is 1.82 bits per heavy atom.